The van der Waals surface area contributed by atoms with Gasteiger partial charge in [0.1, 0.15) is 17.9 Å². The van der Waals surface area contributed by atoms with Crippen molar-refractivity contribution >= 4 is 11.8 Å². The van der Waals surface area contributed by atoms with E-state index in [1.165, 1.54) is 6.42 Å². The van der Waals surface area contributed by atoms with Gasteiger partial charge < -0.3 is 19.7 Å². The van der Waals surface area contributed by atoms with Crippen LogP contribution in [0.1, 0.15) is 54.9 Å². The van der Waals surface area contributed by atoms with Gasteiger partial charge in [0.25, 0.3) is 5.91 Å². The molecule has 7 nitrogen and oxygen atoms in total. The number of rotatable bonds is 7. The molecule has 3 heterocycles. The molecular weight excluding hydrogens is 406 g/mol. The van der Waals surface area contributed by atoms with Crippen molar-refractivity contribution in [3.8, 4) is 5.75 Å². The second kappa shape index (κ2) is 8.87. The van der Waals surface area contributed by atoms with E-state index in [4.69, 9.17) is 9.47 Å². The molecule has 3 unspecified atom stereocenters. The van der Waals surface area contributed by atoms with Gasteiger partial charge in [-0.2, -0.15) is 0 Å². The van der Waals surface area contributed by atoms with Crippen LogP contribution in [0.4, 0.5) is 0 Å². The van der Waals surface area contributed by atoms with E-state index >= 15 is 0 Å². The number of nitrogens with one attached hydrogen (secondary N) is 1. The third kappa shape index (κ3) is 4.04. The van der Waals surface area contributed by atoms with Crippen LogP contribution in [0.3, 0.4) is 0 Å². The molecule has 2 amide bonds. The maximum Gasteiger partial charge on any atom is 0.255 e. The second-order valence-electron chi connectivity index (χ2n) is 9.54. The summed E-state index contributed by atoms with van der Waals surface area (Å²) in [6.07, 6.45) is 4.87. The van der Waals surface area contributed by atoms with Crippen molar-refractivity contribution in [2.45, 2.75) is 63.8 Å². The van der Waals surface area contributed by atoms with Crippen molar-refractivity contribution in [3.05, 3.63) is 41.6 Å². The van der Waals surface area contributed by atoms with E-state index in [0.717, 1.165) is 56.2 Å². The van der Waals surface area contributed by atoms with Crippen molar-refractivity contribution in [2.24, 2.45) is 5.92 Å². The zero-order valence-corrected chi connectivity index (χ0v) is 18.8. The lowest BCUT2D eigenvalue weighted by Crippen LogP contribution is -2.49. The number of amides is 2. The zero-order chi connectivity index (χ0) is 22.2. The molecule has 3 atom stereocenters. The number of likely N-dealkylation sites (N-methyl/N-ethyl adjacent to an activating group) is 1. The minimum atomic E-state index is -0.433. The number of ether oxygens (including phenoxy) is 2. The van der Waals surface area contributed by atoms with Crippen LogP contribution in [0, 0.1) is 5.92 Å². The van der Waals surface area contributed by atoms with Gasteiger partial charge in [-0.3, -0.25) is 14.5 Å². The molecule has 0 aromatic heterocycles. The number of piperidine rings is 1. The number of hydrogen-bond donors (Lipinski definition) is 1. The first kappa shape index (κ1) is 21.5. The van der Waals surface area contributed by atoms with Gasteiger partial charge >= 0.3 is 0 Å². The van der Waals surface area contributed by atoms with Gasteiger partial charge in [-0.25, -0.2) is 0 Å². The smallest absolute Gasteiger partial charge is 0.255 e. The molecular formula is C25H33N3O4. The van der Waals surface area contributed by atoms with Crippen molar-refractivity contribution in [1.29, 1.82) is 0 Å². The number of allylic oxidation sites excluding steroid dienone is 1. The van der Waals surface area contributed by atoms with Crippen LogP contribution in [-0.4, -0.2) is 66.1 Å². The summed E-state index contributed by atoms with van der Waals surface area (Å²) in [5.74, 6) is 1.25. The van der Waals surface area contributed by atoms with Crippen molar-refractivity contribution < 1.29 is 19.1 Å². The summed E-state index contributed by atoms with van der Waals surface area (Å²) in [7, 11) is 0. The second-order valence-corrected chi connectivity index (χ2v) is 9.54. The summed E-state index contributed by atoms with van der Waals surface area (Å²) < 4.78 is 11.8. The number of benzene rings is 1. The predicted molar refractivity (Wildman–Crippen MR) is 120 cm³/mol. The molecule has 1 saturated carbocycles. The summed E-state index contributed by atoms with van der Waals surface area (Å²) in [4.78, 5) is 29.6. The van der Waals surface area contributed by atoms with Crippen molar-refractivity contribution in [3.63, 3.8) is 0 Å². The third-order valence-corrected chi connectivity index (χ3v) is 7.39. The Labute approximate surface area is 189 Å². The van der Waals surface area contributed by atoms with E-state index in [0.29, 0.717) is 36.9 Å². The minimum absolute atomic E-state index is 0.0715. The Morgan fingerprint density at radius 2 is 2.09 bits per heavy atom. The topological polar surface area (TPSA) is 71.1 Å². The fourth-order valence-corrected chi connectivity index (χ4v) is 5.56. The number of carbonyl (C=O) groups excluding carboxylic acids is 2. The summed E-state index contributed by atoms with van der Waals surface area (Å²) in [6.45, 7) is 10.3. The molecule has 1 N–H and O–H groups in total. The number of hydrogen-bond acceptors (Lipinski definition) is 5. The van der Waals surface area contributed by atoms with E-state index < -0.39 is 6.04 Å². The van der Waals surface area contributed by atoms with E-state index in [1.54, 1.807) is 4.90 Å². The highest BCUT2D eigenvalue weighted by atomic mass is 16.5. The molecule has 1 aliphatic carbocycles. The third-order valence-electron chi connectivity index (χ3n) is 7.39. The average Bonchev–Trinajstić information content (AvgIpc) is 3.32. The molecule has 2 saturated heterocycles. The molecule has 1 aromatic rings. The lowest BCUT2D eigenvalue weighted by molar-refractivity contribution is -0.126. The quantitative estimate of drug-likeness (QED) is 0.707. The zero-order valence-electron chi connectivity index (χ0n) is 18.8. The van der Waals surface area contributed by atoms with Gasteiger partial charge in [0.15, 0.2) is 0 Å². The maximum absolute atomic E-state index is 13.0. The van der Waals surface area contributed by atoms with Gasteiger partial charge in [0.05, 0.1) is 13.2 Å². The van der Waals surface area contributed by atoms with Gasteiger partial charge in [-0.05, 0) is 62.4 Å². The molecule has 7 heteroatoms. The fourth-order valence-electron chi connectivity index (χ4n) is 5.56. The first-order chi connectivity index (χ1) is 15.5. The number of nitrogens with zero attached hydrogens (tertiary/aromatic N) is 2. The summed E-state index contributed by atoms with van der Waals surface area (Å²) in [6, 6.07) is 5.76. The van der Waals surface area contributed by atoms with E-state index in [1.807, 2.05) is 18.2 Å². The van der Waals surface area contributed by atoms with Crippen LogP contribution in [0.5, 0.6) is 5.75 Å². The van der Waals surface area contributed by atoms with E-state index in [-0.39, 0.29) is 17.9 Å². The normalized spacial score (nSPS) is 28.1. The summed E-state index contributed by atoms with van der Waals surface area (Å²) >= 11 is 0. The maximum atomic E-state index is 13.0. The first-order valence-electron chi connectivity index (χ1n) is 11.9. The monoisotopic (exact) mass is 439 g/mol. The Morgan fingerprint density at radius 3 is 2.81 bits per heavy atom. The van der Waals surface area contributed by atoms with Gasteiger partial charge in [0, 0.05) is 36.3 Å². The van der Waals surface area contributed by atoms with Crippen LogP contribution in [0.25, 0.3) is 0 Å². The van der Waals surface area contributed by atoms with E-state index in [9.17, 15) is 9.59 Å². The van der Waals surface area contributed by atoms with Crippen LogP contribution < -0.4 is 10.1 Å². The highest BCUT2D eigenvalue weighted by Crippen LogP contribution is 2.34. The summed E-state index contributed by atoms with van der Waals surface area (Å²) in [5, 5.41) is 2.79. The minimum Gasteiger partial charge on any atom is -0.489 e. The molecule has 4 aliphatic rings. The Balaban J connectivity index is 1.26. The Morgan fingerprint density at radius 1 is 1.25 bits per heavy atom. The lowest BCUT2D eigenvalue weighted by atomic mass is 10.0. The number of carbonyl (C=O) groups is 2. The van der Waals surface area contributed by atoms with Crippen LogP contribution in [-0.2, 0) is 16.1 Å². The predicted octanol–water partition coefficient (Wildman–Crippen LogP) is 2.70. The molecule has 5 rings (SSSR count). The number of fused-ring (bicyclic) bond motifs is 1. The van der Waals surface area contributed by atoms with E-state index in [2.05, 4.69) is 23.7 Å². The molecule has 0 radical (unpaired) electrons. The van der Waals surface area contributed by atoms with Gasteiger partial charge in [-0.15, -0.1) is 0 Å². The molecule has 32 heavy (non-hydrogen) atoms. The largest absolute Gasteiger partial charge is 0.489 e. The fraction of sp³-hybridized carbons (Fsp3) is 0.600. The molecule has 3 aliphatic heterocycles. The van der Waals surface area contributed by atoms with Crippen molar-refractivity contribution in [1.82, 2.24) is 15.1 Å². The Kier molecular flexibility index (Phi) is 5.95. The molecule has 172 valence electrons. The average molecular weight is 440 g/mol. The Bertz CT molecular complexity index is 912. The molecule has 0 bridgehead atoms. The van der Waals surface area contributed by atoms with Crippen molar-refractivity contribution in [2.75, 3.05) is 26.3 Å². The highest BCUT2D eigenvalue weighted by molar-refractivity contribution is 6.01. The Hall–Kier alpha value is -2.38. The summed E-state index contributed by atoms with van der Waals surface area (Å²) in [5.41, 5.74) is 2.35. The van der Waals surface area contributed by atoms with Crippen LogP contribution in [0.15, 0.2) is 30.5 Å². The first-order valence-corrected chi connectivity index (χ1v) is 11.9. The standard InChI is InChI=1S/C25H33N3O4/c1-3-27(12-17-14-31-15-17)21-5-4-6-23(21)32-19-8-9-20-18(11-19)13-28(25(20)30)22-10-7-16(2)26-24(22)29/h8-9,11,17,21-23H,2-7,10,12-15H2,1H3,(H,26,29). The lowest BCUT2D eigenvalue weighted by Gasteiger charge is -2.37. The SMILES string of the molecule is C=C1CCC(N2Cc3cc(OC4CCCC4N(CC)CC4COC4)ccc3C2=O)C(=O)N1. The van der Waals surface area contributed by atoms with Crippen LogP contribution in [0.2, 0.25) is 0 Å². The van der Waals surface area contributed by atoms with Gasteiger partial charge in [-0.1, -0.05) is 13.5 Å². The van der Waals surface area contributed by atoms with Crippen LogP contribution >= 0.6 is 0 Å². The van der Waals surface area contributed by atoms with Gasteiger partial charge in [0.2, 0.25) is 5.91 Å². The molecule has 1 aromatic carbocycles. The molecule has 0 spiro atoms. The molecule has 3 fully saturated rings. The highest BCUT2D eigenvalue weighted by Gasteiger charge is 2.39.